The van der Waals surface area contributed by atoms with Crippen LogP contribution in [0.3, 0.4) is 0 Å². The molecule has 0 bridgehead atoms. The highest BCUT2D eigenvalue weighted by atomic mass is 16.6. The van der Waals surface area contributed by atoms with Crippen molar-refractivity contribution in [1.82, 2.24) is 10.2 Å². The zero-order valence-electron chi connectivity index (χ0n) is 9.93. The number of hydrogen-bond donors (Lipinski definition) is 1. The van der Waals surface area contributed by atoms with Crippen molar-refractivity contribution in [3.8, 4) is 0 Å². The number of aromatic nitrogens is 2. The van der Waals surface area contributed by atoms with Crippen molar-refractivity contribution in [3.05, 3.63) is 56.9 Å². The van der Waals surface area contributed by atoms with Gasteiger partial charge in [-0.2, -0.15) is 5.10 Å². The maximum absolute atomic E-state index is 12.3. The lowest BCUT2D eigenvalue weighted by molar-refractivity contribution is -0.385. The van der Waals surface area contributed by atoms with Gasteiger partial charge in [0.15, 0.2) is 0 Å². The molecule has 18 heavy (non-hydrogen) atoms. The topological polar surface area (TPSA) is 88.9 Å². The smallest absolute Gasteiger partial charge is 0.280 e. The number of para-hydroxylation sites is 1. The largest absolute Gasteiger partial charge is 0.288 e. The van der Waals surface area contributed by atoms with Crippen LogP contribution in [-0.2, 0) is 0 Å². The second kappa shape index (κ2) is 4.40. The monoisotopic (exact) mass is 245 g/mol. The molecule has 1 N–H and O–H groups in total. The van der Waals surface area contributed by atoms with Crippen LogP contribution >= 0.6 is 0 Å². The van der Waals surface area contributed by atoms with Crippen molar-refractivity contribution in [1.29, 1.82) is 0 Å². The van der Waals surface area contributed by atoms with Gasteiger partial charge in [-0.15, -0.1) is 0 Å². The van der Waals surface area contributed by atoms with Crippen molar-refractivity contribution in [2.24, 2.45) is 0 Å². The van der Waals surface area contributed by atoms with Crippen molar-refractivity contribution < 1.29 is 9.72 Å². The molecule has 2 rings (SSSR count). The van der Waals surface area contributed by atoms with Crippen LogP contribution in [0.1, 0.15) is 27.3 Å². The molecule has 2 aromatic rings. The molecule has 1 heterocycles. The third-order valence-electron chi connectivity index (χ3n) is 2.70. The summed E-state index contributed by atoms with van der Waals surface area (Å²) in [6.45, 7) is 3.40. The van der Waals surface area contributed by atoms with E-state index in [0.717, 1.165) is 0 Å². The molecule has 92 valence electrons. The highest BCUT2D eigenvalue weighted by Crippen LogP contribution is 2.23. The molecule has 0 aliphatic rings. The molecule has 0 aliphatic carbocycles. The third kappa shape index (κ3) is 1.88. The summed E-state index contributed by atoms with van der Waals surface area (Å²) in [6.07, 6.45) is 0. The Hall–Kier alpha value is -2.50. The molecule has 0 aliphatic heterocycles. The van der Waals surface area contributed by atoms with Crippen molar-refractivity contribution >= 4 is 11.5 Å². The van der Waals surface area contributed by atoms with E-state index >= 15 is 0 Å². The van der Waals surface area contributed by atoms with Crippen LogP contribution in [0.5, 0.6) is 0 Å². The fourth-order valence-electron chi connectivity index (χ4n) is 1.84. The Labute approximate surface area is 103 Å². The van der Waals surface area contributed by atoms with E-state index < -0.39 is 4.92 Å². The minimum Gasteiger partial charge on any atom is -0.288 e. The highest BCUT2D eigenvalue weighted by molar-refractivity contribution is 6.12. The number of hydrogen-bond acceptors (Lipinski definition) is 4. The predicted octanol–water partition coefficient (Wildman–Crippen LogP) is 2.17. The fourth-order valence-corrected chi connectivity index (χ4v) is 1.84. The fraction of sp³-hybridized carbons (Fsp3) is 0.167. The van der Waals surface area contributed by atoms with Crippen LogP contribution in [0.4, 0.5) is 5.69 Å². The van der Waals surface area contributed by atoms with Crippen LogP contribution in [-0.4, -0.2) is 20.9 Å². The Morgan fingerprint density at radius 3 is 2.56 bits per heavy atom. The number of carbonyl (C=O) groups is 1. The van der Waals surface area contributed by atoms with Gasteiger partial charge in [-0.05, 0) is 19.9 Å². The van der Waals surface area contributed by atoms with Crippen LogP contribution in [0, 0.1) is 24.0 Å². The molecular weight excluding hydrogens is 234 g/mol. The first-order valence-electron chi connectivity index (χ1n) is 5.32. The Balaban J connectivity index is 2.57. The number of ketones is 1. The van der Waals surface area contributed by atoms with Gasteiger partial charge in [0, 0.05) is 11.8 Å². The summed E-state index contributed by atoms with van der Waals surface area (Å²) in [6, 6.07) is 5.90. The molecule has 0 saturated heterocycles. The maximum Gasteiger partial charge on any atom is 0.280 e. The van der Waals surface area contributed by atoms with E-state index in [0.29, 0.717) is 17.0 Å². The van der Waals surface area contributed by atoms with Crippen molar-refractivity contribution in [3.63, 3.8) is 0 Å². The van der Waals surface area contributed by atoms with E-state index in [1.54, 1.807) is 19.9 Å². The van der Waals surface area contributed by atoms with E-state index in [4.69, 9.17) is 0 Å². The van der Waals surface area contributed by atoms with E-state index in [9.17, 15) is 14.9 Å². The zero-order chi connectivity index (χ0) is 13.3. The van der Waals surface area contributed by atoms with Gasteiger partial charge < -0.3 is 0 Å². The zero-order valence-corrected chi connectivity index (χ0v) is 9.93. The molecular formula is C12H11N3O3. The summed E-state index contributed by atoms with van der Waals surface area (Å²) in [5.41, 5.74) is 1.42. The van der Waals surface area contributed by atoms with E-state index in [-0.39, 0.29) is 17.0 Å². The minimum atomic E-state index is -0.558. The third-order valence-corrected chi connectivity index (χ3v) is 2.70. The first-order valence-corrected chi connectivity index (χ1v) is 5.32. The van der Waals surface area contributed by atoms with Crippen LogP contribution < -0.4 is 0 Å². The summed E-state index contributed by atoms with van der Waals surface area (Å²) in [5.74, 6) is -0.383. The summed E-state index contributed by atoms with van der Waals surface area (Å²) >= 11 is 0. The Kier molecular flexibility index (Phi) is 2.93. The number of rotatable bonds is 3. The normalized spacial score (nSPS) is 10.3. The Morgan fingerprint density at radius 1 is 1.33 bits per heavy atom. The average Bonchev–Trinajstić information content (AvgIpc) is 2.68. The number of nitro groups is 1. The van der Waals surface area contributed by atoms with Gasteiger partial charge in [-0.3, -0.25) is 20.0 Å². The van der Waals surface area contributed by atoms with Gasteiger partial charge in [0.25, 0.3) is 5.69 Å². The molecule has 6 heteroatoms. The number of nitrogens with one attached hydrogen (secondary N) is 1. The predicted molar refractivity (Wildman–Crippen MR) is 64.6 cm³/mol. The number of benzene rings is 1. The molecule has 0 spiro atoms. The van der Waals surface area contributed by atoms with E-state index in [1.165, 1.54) is 18.2 Å². The summed E-state index contributed by atoms with van der Waals surface area (Å²) in [5, 5.41) is 17.5. The summed E-state index contributed by atoms with van der Waals surface area (Å²) in [4.78, 5) is 22.6. The summed E-state index contributed by atoms with van der Waals surface area (Å²) in [7, 11) is 0. The number of H-pyrrole nitrogens is 1. The lowest BCUT2D eigenvalue weighted by Gasteiger charge is -2.02. The van der Waals surface area contributed by atoms with Gasteiger partial charge in [-0.25, -0.2) is 0 Å². The van der Waals surface area contributed by atoms with Crippen LogP contribution in [0.15, 0.2) is 24.3 Å². The standard InChI is InChI=1S/C12H11N3O3/c1-7-11(8(2)14-13-7)12(16)9-5-3-4-6-10(9)15(17)18/h3-6H,1-2H3,(H,13,14). The lowest BCUT2D eigenvalue weighted by atomic mass is 10.0. The van der Waals surface area contributed by atoms with Gasteiger partial charge in [0.05, 0.1) is 16.2 Å². The number of carbonyl (C=O) groups excluding carboxylic acids is 1. The molecule has 0 unspecified atom stereocenters. The molecule has 1 aromatic heterocycles. The number of nitro benzene ring substituents is 1. The average molecular weight is 245 g/mol. The number of nitrogens with zero attached hydrogens (tertiary/aromatic N) is 2. The van der Waals surface area contributed by atoms with Gasteiger partial charge in [0.1, 0.15) is 5.56 Å². The Bertz CT molecular complexity index is 612. The quantitative estimate of drug-likeness (QED) is 0.509. The molecule has 0 saturated carbocycles. The Morgan fingerprint density at radius 2 is 2.00 bits per heavy atom. The second-order valence-electron chi connectivity index (χ2n) is 3.91. The van der Waals surface area contributed by atoms with Gasteiger partial charge in [0.2, 0.25) is 5.78 Å². The van der Waals surface area contributed by atoms with E-state index in [2.05, 4.69) is 10.2 Å². The van der Waals surface area contributed by atoms with Gasteiger partial charge in [-0.1, -0.05) is 12.1 Å². The molecule has 0 fully saturated rings. The maximum atomic E-state index is 12.3. The highest BCUT2D eigenvalue weighted by Gasteiger charge is 2.24. The van der Waals surface area contributed by atoms with Crippen molar-refractivity contribution in [2.75, 3.05) is 0 Å². The molecule has 0 radical (unpaired) electrons. The lowest BCUT2D eigenvalue weighted by Crippen LogP contribution is -2.07. The number of aryl methyl sites for hydroxylation is 2. The number of aromatic amines is 1. The minimum absolute atomic E-state index is 0.0788. The summed E-state index contributed by atoms with van der Waals surface area (Å²) < 4.78 is 0. The first kappa shape index (κ1) is 12.0. The molecule has 0 amide bonds. The molecule has 0 atom stereocenters. The molecule has 1 aromatic carbocycles. The van der Waals surface area contributed by atoms with E-state index in [1.807, 2.05) is 0 Å². The van der Waals surface area contributed by atoms with Crippen LogP contribution in [0.25, 0.3) is 0 Å². The van der Waals surface area contributed by atoms with Crippen molar-refractivity contribution in [2.45, 2.75) is 13.8 Å². The molecule has 6 nitrogen and oxygen atoms in total. The van der Waals surface area contributed by atoms with Crippen LogP contribution in [0.2, 0.25) is 0 Å². The first-order chi connectivity index (χ1) is 8.52. The van der Waals surface area contributed by atoms with Gasteiger partial charge >= 0.3 is 0 Å². The SMILES string of the molecule is Cc1n[nH]c(C)c1C(=O)c1ccccc1[N+](=O)[O-]. The second-order valence-corrected chi connectivity index (χ2v) is 3.91.